The zero-order chi connectivity index (χ0) is 15.1. The predicted molar refractivity (Wildman–Crippen MR) is 85.3 cm³/mol. The largest absolute Gasteiger partial charge is 0.465 e. The fourth-order valence-electron chi connectivity index (χ4n) is 3.02. The molecule has 0 unspecified atom stereocenters. The number of nitrogens with one attached hydrogen (secondary N) is 1. The molecule has 3 nitrogen and oxygen atoms in total. The molecule has 1 saturated heterocycles. The molecule has 1 fully saturated rings. The van der Waals surface area contributed by atoms with Gasteiger partial charge in [-0.05, 0) is 50.3 Å². The van der Waals surface area contributed by atoms with Crippen molar-refractivity contribution in [2.75, 3.05) is 19.7 Å². The predicted octanol–water partition coefficient (Wildman–Crippen LogP) is 3.29. The van der Waals surface area contributed by atoms with Crippen molar-refractivity contribution in [2.24, 2.45) is 5.92 Å². The first-order chi connectivity index (χ1) is 10.1. The summed E-state index contributed by atoms with van der Waals surface area (Å²) in [5.74, 6) is 0.615. The van der Waals surface area contributed by atoms with Crippen molar-refractivity contribution in [3.05, 3.63) is 35.9 Å². The van der Waals surface area contributed by atoms with E-state index in [1.807, 2.05) is 18.2 Å². The number of hydrogen-bond donors (Lipinski definition) is 1. The molecule has 1 aromatic carbocycles. The van der Waals surface area contributed by atoms with Crippen molar-refractivity contribution >= 4 is 5.97 Å². The zero-order valence-electron chi connectivity index (χ0n) is 13.2. The molecule has 0 radical (unpaired) electrons. The van der Waals surface area contributed by atoms with Gasteiger partial charge in [0, 0.05) is 0 Å². The number of hydrogen-bond acceptors (Lipinski definition) is 3. The van der Waals surface area contributed by atoms with Crippen LogP contribution < -0.4 is 5.32 Å². The monoisotopic (exact) mass is 289 g/mol. The third-order valence-corrected chi connectivity index (χ3v) is 4.33. The summed E-state index contributed by atoms with van der Waals surface area (Å²) in [6.07, 6.45) is 3.69. The minimum Gasteiger partial charge on any atom is -0.465 e. The molecule has 1 aliphatic rings. The van der Waals surface area contributed by atoms with E-state index in [9.17, 15) is 4.79 Å². The van der Waals surface area contributed by atoms with Crippen molar-refractivity contribution in [2.45, 2.75) is 44.9 Å². The molecule has 116 valence electrons. The Morgan fingerprint density at radius 3 is 2.52 bits per heavy atom. The molecule has 0 atom stereocenters. The number of rotatable bonds is 6. The second-order valence-electron chi connectivity index (χ2n) is 6.37. The van der Waals surface area contributed by atoms with Crippen LogP contribution in [0.1, 0.15) is 45.1 Å². The first-order valence-corrected chi connectivity index (χ1v) is 8.08. The molecule has 0 spiro atoms. The van der Waals surface area contributed by atoms with E-state index in [1.54, 1.807) is 0 Å². The summed E-state index contributed by atoms with van der Waals surface area (Å²) in [5, 5.41) is 3.34. The molecule has 1 heterocycles. The molecule has 0 aliphatic carbocycles. The maximum Gasteiger partial charge on any atom is 0.316 e. The Labute approximate surface area is 128 Å². The summed E-state index contributed by atoms with van der Waals surface area (Å²) in [6, 6.07) is 10.1. The van der Waals surface area contributed by atoms with Crippen molar-refractivity contribution in [1.29, 1.82) is 0 Å². The highest BCUT2D eigenvalue weighted by molar-refractivity contribution is 5.83. The Hall–Kier alpha value is -1.35. The van der Waals surface area contributed by atoms with E-state index in [0.717, 1.165) is 44.3 Å². The standard InChI is InChI=1S/C18H27NO2/c1-15(2)7-6-14-21-17(20)18(10-12-19-13-11-18)16-8-4-3-5-9-16/h3-5,8-9,15,19H,6-7,10-14H2,1-2H3. The number of ether oxygens (including phenoxy) is 1. The summed E-state index contributed by atoms with van der Waals surface area (Å²) in [4.78, 5) is 12.7. The first-order valence-electron chi connectivity index (χ1n) is 8.08. The molecule has 0 saturated carbocycles. The number of carbonyl (C=O) groups is 1. The van der Waals surface area contributed by atoms with Gasteiger partial charge in [-0.15, -0.1) is 0 Å². The fraction of sp³-hybridized carbons (Fsp3) is 0.611. The molecule has 1 aromatic rings. The lowest BCUT2D eigenvalue weighted by molar-refractivity contribution is -0.152. The van der Waals surface area contributed by atoms with Gasteiger partial charge in [0.2, 0.25) is 0 Å². The van der Waals surface area contributed by atoms with Gasteiger partial charge in [0.05, 0.1) is 12.0 Å². The minimum absolute atomic E-state index is 0.0426. The third-order valence-electron chi connectivity index (χ3n) is 4.33. The maximum absolute atomic E-state index is 12.7. The number of benzene rings is 1. The van der Waals surface area contributed by atoms with E-state index in [2.05, 4.69) is 31.3 Å². The van der Waals surface area contributed by atoms with Crippen LogP contribution in [0.5, 0.6) is 0 Å². The van der Waals surface area contributed by atoms with Gasteiger partial charge < -0.3 is 10.1 Å². The summed E-state index contributed by atoms with van der Waals surface area (Å²) in [5.41, 5.74) is 0.644. The van der Waals surface area contributed by atoms with Crippen LogP contribution in [0.3, 0.4) is 0 Å². The minimum atomic E-state index is -0.454. The van der Waals surface area contributed by atoms with Crippen LogP contribution in [0.2, 0.25) is 0 Å². The summed E-state index contributed by atoms with van der Waals surface area (Å²) in [7, 11) is 0. The van der Waals surface area contributed by atoms with Gasteiger partial charge in [0.15, 0.2) is 0 Å². The average molecular weight is 289 g/mol. The van der Waals surface area contributed by atoms with E-state index < -0.39 is 5.41 Å². The maximum atomic E-state index is 12.7. The molecule has 21 heavy (non-hydrogen) atoms. The van der Waals surface area contributed by atoms with Gasteiger partial charge >= 0.3 is 5.97 Å². The Morgan fingerprint density at radius 1 is 1.24 bits per heavy atom. The van der Waals surface area contributed by atoms with Crippen molar-refractivity contribution in [3.63, 3.8) is 0 Å². The molecular formula is C18H27NO2. The lowest BCUT2D eigenvalue weighted by Gasteiger charge is -2.35. The quantitative estimate of drug-likeness (QED) is 0.645. The average Bonchev–Trinajstić information content (AvgIpc) is 2.52. The van der Waals surface area contributed by atoms with Crippen LogP contribution in [0.4, 0.5) is 0 Å². The Morgan fingerprint density at radius 2 is 1.90 bits per heavy atom. The van der Waals surface area contributed by atoms with E-state index in [4.69, 9.17) is 4.74 Å². The third kappa shape index (κ3) is 4.07. The van der Waals surface area contributed by atoms with Crippen molar-refractivity contribution in [1.82, 2.24) is 5.32 Å². The van der Waals surface area contributed by atoms with Crippen LogP contribution >= 0.6 is 0 Å². The Bertz CT molecular complexity index is 436. The van der Waals surface area contributed by atoms with Crippen LogP contribution in [0.15, 0.2) is 30.3 Å². The normalized spacial score (nSPS) is 17.7. The van der Waals surface area contributed by atoms with Crippen LogP contribution in [0, 0.1) is 5.92 Å². The molecular weight excluding hydrogens is 262 g/mol. The van der Waals surface area contributed by atoms with Crippen molar-refractivity contribution in [3.8, 4) is 0 Å². The first kappa shape index (κ1) is 16.0. The van der Waals surface area contributed by atoms with Gasteiger partial charge in [-0.3, -0.25) is 4.79 Å². The smallest absolute Gasteiger partial charge is 0.316 e. The second-order valence-corrected chi connectivity index (χ2v) is 6.37. The highest BCUT2D eigenvalue weighted by atomic mass is 16.5. The van der Waals surface area contributed by atoms with Gasteiger partial charge in [-0.25, -0.2) is 0 Å². The summed E-state index contributed by atoms with van der Waals surface area (Å²) < 4.78 is 5.62. The Balaban J connectivity index is 2.04. The van der Waals surface area contributed by atoms with E-state index in [-0.39, 0.29) is 5.97 Å². The Kier molecular flexibility index (Phi) is 5.80. The summed E-state index contributed by atoms with van der Waals surface area (Å²) >= 11 is 0. The fourth-order valence-corrected chi connectivity index (χ4v) is 3.02. The highest BCUT2D eigenvalue weighted by Gasteiger charge is 2.42. The lowest BCUT2D eigenvalue weighted by Crippen LogP contribution is -2.46. The topological polar surface area (TPSA) is 38.3 Å². The molecule has 3 heteroatoms. The molecule has 1 N–H and O–H groups in total. The number of piperidine rings is 1. The van der Waals surface area contributed by atoms with E-state index in [0.29, 0.717) is 12.5 Å². The summed E-state index contributed by atoms with van der Waals surface area (Å²) in [6.45, 7) is 6.67. The van der Waals surface area contributed by atoms with Crippen molar-refractivity contribution < 1.29 is 9.53 Å². The highest BCUT2D eigenvalue weighted by Crippen LogP contribution is 2.34. The lowest BCUT2D eigenvalue weighted by atomic mass is 9.73. The molecule has 0 amide bonds. The molecule has 0 bridgehead atoms. The van der Waals surface area contributed by atoms with E-state index >= 15 is 0 Å². The zero-order valence-corrected chi connectivity index (χ0v) is 13.2. The van der Waals surface area contributed by atoms with Crippen LogP contribution in [0.25, 0.3) is 0 Å². The van der Waals surface area contributed by atoms with Gasteiger partial charge in [0.25, 0.3) is 0 Å². The molecule has 0 aromatic heterocycles. The van der Waals surface area contributed by atoms with Gasteiger partial charge in [0.1, 0.15) is 0 Å². The second kappa shape index (κ2) is 7.60. The number of esters is 1. The van der Waals surface area contributed by atoms with E-state index in [1.165, 1.54) is 0 Å². The molecule has 1 aliphatic heterocycles. The molecule has 2 rings (SSSR count). The van der Waals surface area contributed by atoms with Gasteiger partial charge in [-0.1, -0.05) is 44.2 Å². The SMILES string of the molecule is CC(C)CCCOC(=O)C1(c2ccccc2)CCNCC1. The van der Waals surface area contributed by atoms with Crippen LogP contribution in [-0.2, 0) is 14.9 Å². The number of carbonyl (C=O) groups excluding carboxylic acids is 1. The van der Waals surface area contributed by atoms with Crippen LogP contribution in [-0.4, -0.2) is 25.7 Å². The van der Waals surface area contributed by atoms with Gasteiger partial charge in [-0.2, -0.15) is 0 Å².